The van der Waals surface area contributed by atoms with Gasteiger partial charge in [-0.3, -0.25) is 13.9 Å². The molecule has 204 valence electrons. The SMILES string of the molecule is Cc1cc(C)c(-n2c3ncccc3n3c(CN(CCC4CC4)CCC(F)(F)F)c(C(F)(F)F)nc23)c(C)c1. The summed E-state index contributed by atoms with van der Waals surface area (Å²) in [6.07, 6.45) is -6.05. The first kappa shape index (κ1) is 26.5. The molecule has 0 radical (unpaired) electrons. The molecule has 3 heterocycles. The number of benzene rings is 1. The number of pyridine rings is 1. The van der Waals surface area contributed by atoms with Crippen LogP contribution in [0.4, 0.5) is 26.3 Å². The zero-order valence-electron chi connectivity index (χ0n) is 21.4. The van der Waals surface area contributed by atoms with Crippen LogP contribution in [0.25, 0.3) is 22.6 Å². The quantitative estimate of drug-likeness (QED) is 0.224. The Kier molecular flexibility index (Phi) is 6.69. The Labute approximate surface area is 216 Å². The van der Waals surface area contributed by atoms with Crippen molar-refractivity contribution in [3.63, 3.8) is 0 Å². The lowest BCUT2D eigenvalue weighted by Crippen LogP contribution is -2.30. The Bertz CT molecular complexity index is 1450. The molecule has 1 aliphatic carbocycles. The van der Waals surface area contributed by atoms with E-state index in [1.165, 1.54) is 9.30 Å². The van der Waals surface area contributed by atoms with Crippen LogP contribution in [0.2, 0.25) is 0 Å². The third-order valence-electron chi connectivity index (χ3n) is 7.14. The summed E-state index contributed by atoms with van der Waals surface area (Å²) >= 11 is 0. The van der Waals surface area contributed by atoms with Gasteiger partial charge in [0.05, 0.1) is 23.3 Å². The van der Waals surface area contributed by atoms with Gasteiger partial charge in [0.2, 0.25) is 5.78 Å². The van der Waals surface area contributed by atoms with E-state index in [4.69, 9.17) is 0 Å². The summed E-state index contributed by atoms with van der Waals surface area (Å²) < 4.78 is 85.4. The number of hydrogen-bond acceptors (Lipinski definition) is 3. The molecule has 1 aromatic carbocycles. The number of aryl methyl sites for hydroxylation is 3. The summed E-state index contributed by atoms with van der Waals surface area (Å²) in [5, 5.41) is 0. The van der Waals surface area contributed by atoms with Gasteiger partial charge < -0.3 is 0 Å². The van der Waals surface area contributed by atoms with Gasteiger partial charge in [-0.2, -0.15) is 26.3 Å². The molecule has 1 saturated carbocycles. The lowest BCUT2D eigenvalue weighted by atomic mass is 10.1. The Balaban J connectivity index is 1.71. The van der Waals surface area contributed by atoms with Gasteiger partial charge in [-0.05, 0) is 62.9 Å². The van der Waals surface area contributed by atoms with E-state index < -0.39 is 24.5 Å². The van der Waals surface area contributed by atoms with Crippen molar-refractivity contribution in [3.05, 3.63) is 58.5 Å². The summed E-state index contributed by atoms with van der Waals surface area (Å²) in [6.45, 7) is 5.31. The molecule has 3 aromatic heterocycles. The van der Waals surface area contributed by atoms with E-state index in [0.29, 0.717) is 35.7 Å². The summed E-state index contributed by atoms with van der Waals surface area (Å²) in [6, 6.07) is 7.19. The highest BCUT2D eigenvalue weighted by molar-refractivity contribution is 5.81. The fourth-order valence-electron chi connectivity index (χ4n) is 5.32. The van der Waals surface area contributed by atoms with E-state index in [1.54, 1.807) is 22.9 Å². The van der Waals surface area contributed by atoms with Crippen molar-refractivity contribution in [3.8, 4) is 5.69 Å². The van der Waals surface area contributed by atoms with E-state index in [1.807, 2.05) is 32.9 Å². The molecule has 0 amide bonds. The number of halogens is 6. The fraction of sp³-hybridized carbons (Fsp3) is 0.481. The van der Waals surface area contributed by atoms with Crippen molar-refractivity contribution in [2.75, 3.05) is 13.1 Å². The molecule has 1 fully saturated rings. The minimum atomic E-state index is -4.79. The number of rotatable bonds is 8. The zero-order chi connectivity index (χ0) is 27.4. The van der Waals surface area contributed by atoms with Crippen molar-refractivity contribution in [1.29, 1.82) is 0 Å². The molecule has 0 saturated heterocycles. The van der Waals surface area contributed by atoms with Crippen LogP contribution in [0.5, 0.6) is 0 Å². The smallest absolute Gasteiger partial charge is 0.297 e. The molecule has 1 aliphatic rings. The van der Waals surface area contributed by atoms with E-state index in [0.717, 1.165) is 29.5 Å². The molecule has 0 unspecified atom stereocenters. The Morgan fingerprint density at radius 2 is 1.68 bits per heavy atom. The highest BCUT2D eigenvalue weighted by Gasteiger charge is 2.40. The average molecular weight is 538 g/mol. The van der Waals surface area contributed by atoms with Crippen LogP contribution in [-0.2, 0) is 12.7 Å². The summed E-state index contributed by atoms with van der Waals surface area (Å²) in [4.78, 5) is 10.0. The molecular weight excluding hydrogens is 508 g/mol. The Morgan fingerprint density at radius 1 is 1.00 bits per heavy atom. The number of imidazole rings is 2. The second-order valence-corrected chi connectivity index (χ2v) is 10.3. The van der Waals surface area contributed by atoms with Gasteiger partial charge in [0.1, 0.15) is 0 Å². The van der Waals surface area contributed by atoms with E-state index in [-0.39, 0.29) is 24.6 Å². The minimum Gasteiger partial charge on any atom is -0.297 e. The third-order valence-corrected chi connectivity index (χ3v) is 7.14. The molecule has 11 heteroatoms. The maximum atomic E-state index is 14.4. The van der Waals surface area contributed by atoms with Crippen molar-refractivity contribution < 1.29 is 26.3 Å². The first-order valence-electron chi connectivity index (χ1n) is 12.6. The monoisotopic (exact) mass is 537 g/mol. The summed E-state index contributed by atoms with van der Waals surface area (Å²) in [5.74, 6) is 0.462. The number of alkyl halides is 6. The first-order valence-corrected chi connectivity index (χ1v) is 12.6. The average Bonchev–Trinajstić information content (AvgIpc) is 3.48. The van der Waals surface area contributed by atoms with Gasteiger partial charge in [0.25, 0.3) is 0 Å². The van der Waals surface area contributed by atoms with E-state index in [9.17, 15) is 26.3 Å². The highest BCUT2D eigenvalue weighted by atomic mass is 19.4. The molecule has 5 rings (SSSR count). The lowest BCUT2D eigenvalue weighted by molar-refractivity contribution is -0.143. The number of hydrogen-bond donors (Lipinski definition) is 0. The maximum absolute atomic E-state index is 14.4. The van der Waals surface area contributed by atoms with Gasteiger partial charge in [-0.1, -0.05) is 30.5 Å². The lowest BCUT2D eigenvalue weighted by Gasteiger charge is -2.23. The number of aromatic nitrogens is 4. The molecule has 5 nitrogen and oxygen atoms in total. The standard InChI is InChI=1S/C27H29F6N5/c1-16-13-17(2)22(18(3)14-16)38-24-20(5-4-10-34-24)37-21(23(27(31,32)33)35-25(37)38)15-36(11-8-19-6-7-19)12-9-26(28,29)30/h4-5,10,13-14,19H,6-9,11-12,15H2,1-3H3. The Morgan fingerprint density at radius 3 is 2.29 bits per heavy atom. The van der Waals surface area contributed by atoms with Crippen LogP contribution in [0, 0.1) is 26.7 Å². The van der Waals surface area contributed by atoms with Crippen LogP contribution in [0.3, 0.4) is 0 Å². The summed E-state index contributed by atoms with van der Waals surface area (Å²) in [5.41, 5.74) is 2.98. The normalized spacial score (nSPS) is 14.9. The first-order chi connectivity index (χ1) is 17.8. The largest absolute Gasteiger partial charge is 0.435 e. The topological polar surface area (TPSA) is 38.4 Å². The third kappa shape index (κ3) is 5.25. The van der Waals surface area contributed by atoms with Crippen molar-refractivity contribution in [2.24, 2.45) is 5.92 Å². The van der Waals surface area contributed by atoms with Gasteiger partial charge in [0, 0.05) is 19.3 Å². The predicted molar refractivity (Wildman–Crippen MR) is 132 cm³/mol. The van der Waals surface area contributed by atoms with E-state index >= 15 is 0 Å². The number of nitrogens with zero attached hydrogens (tertiary/aromatic N) is 5. The molecule has 0 atom stereocenters. The Hall–Kier alpha value is -3.08. The summed E-state index contributed by atoms with van der Waals surface area (Å²) in [7, 11) is 0. The van der Waals surface area contributed by atoms with Gasteiger partial charge in [-0.25, -0.2) is 9.97 Å². The molecule has 38 heavy (non-hydrogen) atoms. The molecule has 0 spiro atoms. The maximum Gasteiger partial charge on any atom is 0.435 e. The molecular formula is C27H29F6N5. The van der Waals surface area contributed by atoms with Crippen LogP contribution in [0.1, 0.15) is 53.8 Å². The van der Waals surface area contributed by atoms with Crippen LogP contribution in [0.15, 0.2) is 30.5 Å². The molecule has 4 aromatic rings. The zero-order valence-corrected chi connectivity index (χ0v) is 21.4. The second-order valence-electron chi connectivity index (χ2n) is 10.3. The van der Waals surface area contributed by atoms with Crippen molar-refractivity contribution >= 4 is 16.9 Å². The van der Waals surface area contributed by atoms with Gasteiger partial charge in [0.15, 0.2) is 11.3 Å². The second kappa shape index (κ2) is 9.59. The van der Waals surface area contributed by atoms with Gasteiger partial charge in [-0.15, -0.1) is 0 Å². The molecule has 0 N–H and O–H groups in total. The van der Waals surface area contributed by atoms with Crippen LogP contribution in [-0.4, -0.2) is 43.1 Å². The van der Waals surface area contributed by atoms with Crippen molar-refractivity contribution in [1.82, 2.24) is 23.8 Å². The fourth-order valence-corrected chi connectivity index (χ4v) is 5.32. The molecule has 0 aliphatic heterocycles. The predicted octanol–water partition coefficient (Wildman–Crippen LogP) is 7.17. The van der Waals surface area contributed by atoms with Crippen LogP contribution >= 0.6 is 0 Å². The van der Waals surface area contributed by atoms with Gasteiger partial charge >= 0.3 is 12.4 Å². The van der Waals surface area contributed by atoms with Crippen LogP contribution < -0.4 is 0 Å². The molecule has 0 bridgehead atoms. The van der Waals surface area contributed by atoms with E-state index in [2.05, 4.69) is 9.97 Å². The minimum absolute atomic E-state index is 0.0362. The van der Waals surface area contributed by atoms with Crippen molar-refractivity contribution in [2.45, 2.75) is 65.4 Å². The number of fused-ring (bicyclic) bond motifs is 3. The highest BCUT2D eigenvalue weighted by Crippen LogP contribution is 2.38.